The van der Waals surface area contributed by atoms with Crippen LogP contribution < -0.4 is 10.6 Å². The number of alkyl halides is 3. The van der Waals surface area contributed by atoms with Crippen molar-refractivity contribution in [2.45, 2.75) is 51.7 Å². The molecule has 1 saturated heterocycles. The van der Waals surface area contributed by atoms with Gasteiger partial charge < -0.3 is 15.2 Å². The Bertz CT molecular complexity index is 1200. The molecule has 2 aromatic carbocycles. The lowest BCUT2D eigenvalue weighted by molar-refractivity contribution is -0.325. The fourth-order valence-corrected chi connectivity index (χ4v) is 4.92. The molecule has 4 rings (SSSR count). The second kappa shape index (κ2) is 11.0. The van der Waals surface area contributed by atoms with Crippen LogP contribution in [0.3, 0.4) is 0 Å². The van der Waals surface area contributed by atoms with Crippen molar-refractivity contribution >= 4 is 35.3 Å². The second-order valence-corrected chi connectivity index (χ2v) is 8.58. The number of ether oxygens (including phenoxy) is 1. The third-order valence-electron chi connectivity index (χ3n) is 6.42. The first kappa shape index (κ1) is 27.0. The van der Waals surface area contributed by atoms with E-state index in [1.54, 1.807) is 22.9 Å². The number of aromatic nitrogens is 1. The molecule has 35 heavy (non-hydrogen) atoms. The molecule has 1 fully saturated rings. The van der Waals surface area contributed by atoms with Gasteiger partial charge in [-0.15, -0.1) is 25.6 Å². The Balaban J connectivity index is 0.00000342. The lowest BCUT2D eigenvalue weighted by Crippen LogP contribution is -2.34. The number of fused-ring (bicyclic) bond motifs is 1. The summed E-state index contributed by atoms with van der Waals surface area (Å²) in [7, 11) is 0. The number of hydrogen-bond acceptors (Lipinski definition) is 4. The van der Waals surface area contributed by atoms with Gasteiger partial charge in [0.2, 0.25) is 0 Å². The number of aldehydes is 1. The van der Waals surface area contributed by atoms with Gasteiger partial charge in [0.05, 0.1) is 18.2 Å². The molecule has 5 nitrogen and oxygen atoms in total. The summed E-state index contributed by atoms with van der Waals surface area (Å²) in [5.41, 5.74) is 9.81. The van der Waals surface area contributed by atoms with Crippen LogP contribution in [0.25, 0.3) is 10.9 Å². The van der Waals surface area contributed by atoms with Gasteiger partial charge in [0.15, 0.2) is 6.29 Å². The van der Waals surface area contributed by atoms with Crippen molar-refractivity contribution in [3.8, 4) is 0 Å². The number of halogens is 5. The number of carbonyl (C=O) groups is 1. The third-order valence-corrected chi connectivity index (χ3v) is 6.42. The highest BCUT2D eigenvalue weighted by Crippen LogP contribution is 2.41. The Morgan fingerprint density at radius 3 is 2.66 bits per heavy atom. The van der Waals surface area contributed by atoms with Gasteiger partial charge in [0, 0.05) is 48.0 Å². The second-order valence-electron chi connectivity index (χ2n) is 8.58. The molecular weight excluding hydrogens is 486 g/mol. The van der Waals surface area contributed by atoms with E-state index in [2.05, 4.69) is 9.64 Å². The van der Waals surface area contributed by atoms with Gasteiger partial charge >= 0.3 is 6.36 Å². The fraction of sp³-hybridized carbons (Fsp3) is 0.400. The smallest absolute Gasteiger partial charge is 0.364 e. The van der Waals surface area contributed by atoms with Crippen LogP contribution in [0, 0.1) is 12.7 Å². The Morgan fingerprint density at radius 1 is 1.20 bits per heavy atom. The average molecular weight is 514 g/mol. The van der Waals surface area contributed by atoms with E-state index >= 15 is 0 Å². The minimum atomic E-state index is -4.72. The molecule has 0 aliphatic carbocycles. The monoisotopic (exact) mass is 513 g/mol. The molecule has 1 atom stereocenters. The number of piperidine rings is 1. The van der Waals surface area contributed by atoms with E-state index in [0.717, 1.165) is 36.1 Å². The molecule has 1 aliphatic heterocycles. The number of nitrogens with two attached hydrogens (primary N) is 1. The molecule has 2 heterocycles. The quantitative estimate of drug-likeness (QED) is 0.308. The maximum Gasteiger partial charge on any atom is 0.522 e. The number of rotatable bonds is 7. The molecule has 0 spiro atoms. The van der Waals surface area contributed by atoms with Crippen LogP contribution in [0.5, 0.6) is 0 Å². The maximum absolute atomic E-state index is 14.9. The highest BCUT2D eigenvalue weighted by atomic mass is 35.5. The van der Waals surface area contributed by atoms with Crippen LogP contribution in [0.2, 0.25) is 0 Å². The number of hydrogen-bond donors (Lipinski definition) is 1. The Kier molecular flexibility index (Phi) is 8.46. The van der Waals surface area contributed by atoms with Crippen LogP contribution in [0.1, 0.15) is 52.4 Å². The number of anilines is 1. The SMILES string of the molecule is Cc1ccc(N2CCCCC2c2cc(CN)ccc2F)c2c(C=O)cn(CCOC(F)(F)F)c12.Cl. The molecule has 0 saturated carbocycles. The Hall–Kier alpha value is -2.62. The molecule has 1 aromatic heterocycles. The summed E-state index contributed by atoms with van der Waals surface area (Å²) in [5.74, 6) is -0.310. The molecule has 3 aromatic rings. The summed E-state index contributed by atoms with van der Waals surface area (Å²) in [6.07, 6.45) is 0.111. The fourth-order valence-electron chi connectivity index (χ4n) is 4.92. The number of aryl methyl sites for hydroxylation is 1. The van der Waals surface area contributed by atoms with Crippen LogP contribution in [0.4, 0.5) is 23.2 Å². The summed E-state index contributed by atoms with van der Waals surface area (Å²) >= 11 is 0. The van der Waals surface area contributed by atoms with Crippen LogP contribution in [0.15, 0.2) is 36.5 Å². The maximum atomic E-state index is 14.9. The molecule has 10 heteroatoms. The van der Waals surface area contributed by atoms with E-state index < -0.39 is 13.0 Å². The van der Waals surface area contributed by atoms with Crippen molar-refractivity contribution in [2.75, 3.05) is 18.1 Å². The molecular formula is C25H28ClF4N3O2. The highest BCUT2D eigenvalue weighted by molar-refractivity contribution is 6.06. The zero-order valence-electron chi connectivity index (χ0n) is 19.3. The standard InChI is InChI=1S/C25H27F4N3O2.ClH/c1-16-5-8-22(23-18(15-33)14-31(24(16)23)10-11-34-25(27,28)29)32-9-3-2-4-21(32)19-12-17(13-30)6-7-20(19)26;/h5-8,12,14-15,21H,2-4,9-11,13,30H2,1H3;1H. The predicted molar refractivity (Wildman–Crippen MR) is 130 cm³/mol. The lowest BCUT2D eigenvalue weighted by Gasteiger charge is -2.39. The number of nitrogens with zero attached hydrogens (tertiary/aromatic N) is 2. The summed E-state index contributed by atoms with van der Waals surface area (Å²) in [6.45, 7) is 2.17. The van der Waals surface area contributed by atoms with Crippen molar-refractivity contribution in [1.29, 1.82) is 0 Å². The average Bonchev–Trinajstić information content (AvgIpc) is 3.18. The Morgan fingerprint density at radius 2 is 1.97 bits per heavy atom. The van der Waals surface area contributed by atoms with Gasteiger partial charge in [-0.3, -0.25) is 9.53 Å². The topological polar surface area (TPSA) is 60.5 Å². The molecule has 1 aliphatic rings. The van der Waals surface area contributed by atoms with Crippen molar-refractivity contribution in [2.24, 2.45) is 5.73 Å². The largest absolute Gasteiger partial charge is 0.522 e. The summed E-state index contributed by atoms with van der Waals surface area (Å²) < 4.78 is 57.9. The van der Waals surface area contributed by atoms with Crippen molar-refractivity contribution in [1.82, 2.24) is 4.57 Å². The predicted octanol–water partition coefficient (Wildman–Crippen LogP) is 6.05. The number of benzene rings is 2. The van der Waals surface area contributed by atoms with E-state index in [9.17, 15) is 22.4 Å². The Labute approximate surface area is 207 Å². The number of carbonyl (C=O) groups excluding carboxylic acids is 1. The third kappa shape index (κ3) is 5.63. The van der Waals surface area contributed by atoms with Crippen molar-refractivity contribution in [3.05, 3.63) is 64.6 Å². The van der Waals surface area contributed by atoms with E-state index in [4.69, 9.17) is 5.73 Å². The minimum absolute atomic E-state index is 0. The summed E-state index contributed by atoms with van der Waals surface area (Å²) in [6, 6.07) is 8.44. The molecule has 0 bridgehead atoms. The van der Waals surface area contributed by atoms with Crippen LogP contribution in [-0.2, 0) is 17.8 Å². The summed E-state index contributed by atoms with van der Waals surface area (Å²) in [5, 5.41) is 0.657. The van der Waals surface area contributed by atoms with Gasteiger partial charge in [0.1, 0.15) is 5.82 Å². The normalized spacial score (nSPS) is 16.4. The van der Waals surface area contributed by atoms with Gasteiger partial charge in [-0.1, -0.05) is 12.1 Å². The van der Waals surface area contributed by atoms with Crippen LogP contribution in [-0.4, -0.2) is 30.4 Å². The highest BCUT2D eigenvalue weighted by Gasteiger charge is 2.30. The zero-order valence-corrected chi connectivity index (χ0v) is 20.1. The van der Waals surface area contributed by atoms with Gasteiger partial charge in [0.25, 0.3) is 0 Å². The first-order valence-electron chi connectivity index (χ1n) is 11.3. The van der Waals surface area contributed by atoms with E-state index in [1.165, 1.54) is 6.07 Å². The van der Waals surface area contributed by atoms with E-state index in [-0.39, 0.29) is 30.8 Å². The first-order chi connectivity index (χ1) is 16.2. The van der Waals surface area contributed by atoms with Gasteiger partial charge in [-0.05, 0) is 55.5 Å². The molecule has 0 amide bonds. The minimum Gasteiger partial charge on any atom is -0.364 e. The van der Waals surface area contributed by atoms with Gasteiger partial charge in [-0.25, -0.2) is 4.39 Å². The molecule has 2 N–H and O–H groups in total. The summed E-state index contributed by atoms with van der Waals surface area (Å²) in [4.78, 5) is 14.1. The van der Waals surface area contributed by atoms with Crippen molar-refractivity contribution in [3.63, 3.8) is 0 Å². The van der Waals surface area contributed by atoms with Gasteiger partial charge in [-0.2, -0.15) is 0 Å². The zero-order chi connectivity index (χ0) is 24.5. The molecule has 1 unspecified atom stereocenters. The molecule has 0 radical (unpaired) electrons. The van der Waals surface area contributed by atoms with E-state index in [1.807, 2.05) is 19.1 Å². The lowest BCUT2D eigenvalue weighted by atomic mass is 9.92. The molecule has 190 valence electrons. The first-order valence-corrected chi connectivity index (χ1v) is 11.3. The van der Waals surface area contributed by atoms with E-state index in [0.29, 0.717) is 41.4 Å². The van der Waals surface area contributed by atoms with Crippen LogP contribution >= 0.6 is 12.4 Å². The van der Waals surface area contributed by atoms with Crippen molar-refractivity contribution < 1.29 is 27.1 Å².